The highest BCUT2D eigenvalue weighted by molar-refractivity contribution is 5.49. The average molecular weight is 210 g/mol. The third-order valence-electron chi connectivity index (χ3n) is 2.03. The Morgan fingerprint density at radius 1 is 0.875 bits per heavy atom. The van der Waals surface area contributed by atoms with E-state index < -0.39 is 0 Å². The Morgan fingerprint density at radius 3 is 2.12 bits per heavy atom. The zero-order valence-corrected chi connectivity index (χ0v) is 8.55. The summed E-state index contributed by atoms with van der Waals surface area (Å²) in [5, 5.41) is 11.0. The van der Waals surface area contributed by atoms with Gasteiger partial charge >= 0.3 is 0 Å². The molecule has 0 atom stereocenters. The smallest absolute Gasteiger partial charge is 0.181 e. The van der Waals surface area contributed by atoms with Crippen LogP contribution in [0.4, 0.5) is 5.69 Å². The summed E-state index contributed by atoms with van der Waals surface area (Å²) >= 11 is 0. The maximum atomic E-state index is 8.43. The summed E-state index contributed by atoms with van der Waals surface area (Å²) in [5.41, 5.74) is 0.753. The number of rotatable bonds is 3. The molecule has 0 saturated carbocycles. The van der Waals surface area contributed by atoms with Crippen molar-refractivity contribution < 1.29 is 4.74 Å². The van der Waals surface area contributed by atoms with Crippen molar-refractivity contribution in [1.29, 1.82) is 5.26 Å². The topological polar surface area (TPSA) is 45.0 Å². The summed E-state index contributed by atoms with van der Waals surface area (Å²) in [6, 6.07) is 16.8. The van der Waals surface area contributed by atoms with Crippen LogP contribution in [0.25, 0.3) is 0 Å². The molecule has 3 nitrogen and oxygen atoms in total. The molecule has 0 aliphatic heterocycles. The standard InChI is InChI=1S/C13H10N2O/c14-10-15-11-6-8-13(9-7-11)16-12-4-2-1-3-5-12/h1-9,15H. The first-order valence-electron chi connectivity index (χ1n) is 4.86. The zero-order chi connectivity index (χ0) is 11.2. The molecular formula is C13H10N2O. The van der Waals surface area contributed by atoms with Crippen molar-refractivity contribution in [2.45, 2.75) is 0 Å². The van der Waals surface area contributed by atoms with Crippen LogP contribution >= 0.6 is 0 Å². The van der Waals surface area contributed by atoms with Gasteiger partial charge in [0.15, 0.2) is 6.19 Å². The van der Waals surface area contributed by atoms with Crippen LogP contribution in [0.3, 0.4) is 0 Å². The number of hydrogen-bond acceptors (Lipinski definition) is 3. The number of nitrogens with one attached hydrogen (secondary N) is 1. The van der Waals surface area contributed by atoms with Crippen LogP contribution in [-0.2, 0) is 0 Å². The summed E-state index contributed by atoms with van der Waals surface area (Å²) < 4.78 is 5.60. The number of para-hydroxylation sites is 1. The summed E-state index contributed by atoms with van der Waals surface area (Å²) in [6.07, 6.45) is 1.86. The van der Waals surface area contributed by atoms with Crippen LogP contribution in [0.15, 0.2) is 54.6 Å². The van der Waals surface area contributed by atoms with Gasteiger partial charge in [-0.2, -0.15) is 5.26 Å². The van der Waals surface area contributed by atoms with E-state index >= 15 is 0 Å². The highest BCUT2D eigenvalue weighted by Gasteiger charge is 1.96. The fourth-order valence-electron chi connectivity index (χ4n) is 1.30. The van der Waals surface area contributed by atoms with Crippen molar-refractivity contribution in [3.05, 3.63) is 54.6 Å². The second-order valence-electron chi connectivity index (χ2n) is 3.18. The van der Waals surface area contributed by atoms with E-state index in [-0.39, 0.29) is 0 Å². The van der Waals surface area contributed by atoms with Crippen LogP contribution < -0.4 is 10.1 Å². The van der Waals surface area contributed by atoms with E-state index in [0.29, 0.717) is 0 Å². The van der Waals surface area contributed by atoms with Gasteiger partial charge in [-0.25, -0.2) is 0 Å². The molecule has 0 unspecified atom stereocenters. The Hall–Kier alpha value is -2.47. The van der Waals surface area contributed by atoms with Gasteiger partial charge in [-0.05, 0) is 36.4 Å². The molecule has 0 spiro atoms. The molecule has 1 N–H and O–H groups in total. The van der Waals surface area contributed by atoms with E-state index in [1.165, 1.54) is 0 Å². The predicted molar refractivity (Wildman–Crippen MR) is 62.2 cm³/mol. The Bertz CT molecular complexity index is 486. The van der Waals surface area contributed by atoms with E-state index in [1.54, 1.807) is 12.1 Å². The van der Waals surface area contributed by atoms with Crippen molar-refractivity contribution in [3.63, 3.8) is 0 Å². The number of benzene rings is 2. The number of nitriles is 1. The summed E-state index contributed by atoms with van der Waals surface area (Å²) in [7, 11) is 0. The molecule has 0 aliphatic carbocycles. The molecule has 0 aromatic heterocycles. The van der Waals surface area contributed by atoms with Crippen LogP contribution in [0.2, 0.25) is 0 Å². The molecule has 2 aromatic rings. The van der Waals surface area contributed by atoms with Crippen molar-refractivity contribution in [2.75, 3.05) is 5.32 Å². The van der Waals surface area contributed by atoms with E-state index in [9.17, 15) is 0 Å². The van der Waals surface area contributed by atoms with Gasteiger partial charge in [0.1, 0.15) is 11.5 Å². The molecule has 0 amide bonds. The summed E-state index contributed by atoms with van der Waals surface area (Å²) in [5.74, 6) is 1.54. The molecule has 78 valence electrons. The van der Waals surface area contributed by atoms with Gasteiger partial charge in [-0.3, -0.25) is 5.32 Å². The summed E-state index contributed by atoms with van der Waals surface area (Å²) in [6.45, 7) is 0. The van der Waals surface area contributed by atoms with Crippen molar-refractivity contribution in [3.8, 4) is 17.7 Å². The lowest BCUT2D eigenvalue weighted by Crippen LogP contribution is -1.87. The fourth-order valence-corrected chi connectivity index (χ4v) is 1.30. The molecule has 0 bridgehead atoms. The van der Waals surface area contributed by atoms with Gasteiger partial charge in [0.2, 0.25) is 0 Å². The van der Waals surface area contributed by atoms with E-state index in [1.807, 2.05) is 48.7 Å². The first kappa shape index (κ1) is 10.1. The molecule has 0 heterocycles. The zero-order valence-electron chi connectivity index (χ0n) is 8.55. The second kappa shape index (κ2) is 4.85. The molecule has 3 heteroatoms. The van der Waals surface area contributed by atoms with Crippen molar-refractivity contribution in [1.82, 2.24) is 0 Å². The molecule has 2 rings (SSSR count). The number of anilines is 1. The quantitative estimate of drug-likeness (QED) is 0.624. The molecule has 0 aliphatic rings. The highest BCUT2D eigenvalue weighted by Crippen LogP contribution is 2.22. The lowest BCUT2D eigenvalue weighted by molar-refractivity contribution is 0.483. The third kappa shape index (κ3) is 2.52. The van der Waals surface area contributed by atoms with Gasteiger partial charge in [0.05, 0.1) is 0 Å². The minimum Gasteiger partial charge on any atom is -0.457 e. The minimum absolute atomic E-state index is 0.745. The predicted octanol–water partition coefficient (Wildman–Crippen LogP) is 3.37. The van der Waals surface area contributed by atoms with Gasteiger partial charge in [-0.1, -0.05) is 18.2 Å². The van der Waals surface area contributed by atoms with Crippen LogP contribution in [0.5, 0.6) is 11.5 Å². The lowest BCUT2D eigenvalue weighted by atomic mass is 10.3. The van der Waals surface area contributed by atoms with Crippen LogP contribution in [0, 0.1) is 11.5 Å². The van der Waals surface area contributed by atoms with E-state index in [0.717, 1.165) is 17.2 Å². The monoisotopic (exact) mass is 210 g/mol. The van der Waals surface area contributed by atoms with Crippen molar-refractivity contribution in [2.24, 2.45) is 0 Å². The Labute approximate surface area is 93.9 Å². The first-order valence-corrected chi connectivity index (χ1v) is 4.86. The fraction of sp³-hybridized carbons (Fsp3) is 0. The number of nitrogens with zero attached hydrogens (tertiary/aromatic N) is 1. The molecule has 16 heavy (non-hydrogen) atoms. The first-order chi connectivity index (χ1) is 7.88. The van der Waals surface area contributed by atoms with E-state index in [2.05, 4.69) is 5.32 Å². The Kier molecular flexibility index (Phi) is 3.05. The minimum atomic E-state index is 0.745. The molecule has 2 aromatic carbocycles. The number of hydrogen-bond donors (Lipinski definition) is 1. The van der Waals surface area contributed by atoms with Crippen molar-refractivity contribution >= 4 is 5.69 Å². The molecule has 0 radical (unpaired) electrons. The maximum Gasteiger partial charge on any atom is 0.181 e. The second-order valence-corrected chi connectivity index (χ2v) is 3.18. The summed E-state index contributed by atoms with van der Waals surface area (Å²) in [4.78, 5) is 0. The Morgan fingerprint density at radius 2 is 1.50 bits per heavy atom. The van der Waals surface area contributed by atoms with Gasteiger partial charge in [-0.15, -0.1) is 0 Å². The maximum absolute atomic E-state index is 8.43. The van der Waals surface area contributed by atoms with Gasteiger partial charge in [0, 0.05) is 5.69 Å². The molecule has 0 saturated heterocycles. The average Bonchev–Trinajstić information content (AvgIpc) is 2.33. The van der Waals surface area contributed by atoms with Gasteiger partial charge in [0.25, 0.3) is 0 Å². The van der Waals surface area contributed by atoms with E-state index in [4.69, 9.17) is 10.00 Å². The largest absolute Gasteiger partial charge is 0.457 e. The van der Waals surface area contributed by atoms with Crippen LogP contribution in [-0.4, -0.2) is 0 Å². The number of ether oxygens (including phenoxy) is 1. The molecule has 0 fully saturated rings. The SMILES string of the molecule is N#CNc1ccc(Oc2ccccc2)cc1. The molecular weight excluding hydrogens is 200 g/mol. The normalized spacial score (nSPS) is 9.19. The highest BCUT2D eigenvalue weighted by atomic mass is 16.5. The Balaban J connectivity index is 2.09. The third-order valence-corrected chi connectivity index (χ3v) is 2.03. The lowest BCUT2D eigenvalue weighted by Gasteiger charge is -2.05. The van der Waals surface area contributed by atoms with Crippen LogP contribution in [0.1, 0.15) is 0 Å². The van der Waals surface area contributed by atoms with Gasteiger partial charge < -0.3 is 4.74 Å².